The summed E-state index contributed by atoms with van der Waals surface area (Å²) in [6, 6.07) is 17.4. The van der Waals surface area contributed by atoms with E-state index in [2.05, 4.69) is 5.32 Å². The molecule has 0 bridgehead atoms. The van der Waals surface area contributed by atoms with E-state index in [1.165, 1.54) is 4.90 Å². The van der Waals surface area contributed by atoms with Gasteiger partial charge in [0.15, 0.2) is 0 Å². The van der Waals surface area contributed by atoms with Gasteiger partial charge in [0.2, 0.25) is 5.91 Å². The summed E-state index contributed by atoms with van der Waals surface area (Å²) in [5.74, 6) is -0.363. The van der Waals surface area contributed by atoms with E-state index in [-0.39, 0.29) is 5.91 Å². The molecule has 0 aliphatic heterocycles. The number of primary amides is 1. The number of rotatable bonds is 6. The zero-order chi connectivity index (χ0) is 14.4. The third-order valence-corrected chi connectivity index (χ3v) is 3.83. The zero-order valence-corrected chi connectivity index (χ0v) is 12.2. The summed E-state index contributed by atoms with van der Waals surface area (Å²) in [5, 5.41) is 3.21. The number of benzene rings is 2. The molecule has 4 heteroatoms. The molecule has 0 saturated heterocycles. The summed E-state index contributed by atoms with van der Waals surface area (Å²) in [7, 11) is 0. The molecular weight excluding hydrogens is 268 g/mol. The van der Waals surface area contributed by atoms with Crippen molar-refractivity contribution in [2.45, 2.75) is 17.5 Å². The smallest absolute Gasteiger partial charge is 0.239 e. The normalized spacial score (nSPS) is 12.1. The van der Waals surface area contributed by atoms with E-state index in [0.717, 1.165) is 11.1 Å². The molecule has 0 spiro atoms. The van der Waals surface area contributed by atoms with Gasteiger partial charge in [-0.2, -0.15) is 0 Å². The largest absolute Gasteiger partial charge is 0.368 e. The molecule has 2 rings (SSSR count). The maximum absolute atomic E-state index is 11.6. The zero-order valence-electron chi connectivity index (χ0n) is 11.4. The Bertz CT molecular complexity index is 554. The third-order valence-electron chi connectivity index (χ3n) is 3.09. The van der Waals surface area contributed by atoms with E-state index in [0.29, 0.717) is 6.54 Å². The van der Waals surface area contributed by atoms with Crippen LogP contribution >= 0.6 is 11.8 Å². The predicted octanol–water partition coefficient (Wildman–Crippen LogP) is 2.72. The number of amides is 1. The molecule has 0 fully saturated rings. The average Bonchev–Trinajstić information content (AvgIpc) is 2.49. The highest BCUT2D eigenvalue weighted by Crippen LogP contribution is 2.19. The lowest BCUT2D eigenvalue weighted by Gasteiger charge is -2.16. The monoisotopic (exact) mass is 286 g/mol. The molecule has 0 saturated carbocycles. The topological polar surface area (TPSA) is 55.1 Å². The average molecular weight is 286 g/mol. The number of nitrogens with one attached hydrogen (secondary N) is 1. The van der Waals surface area contributed by atoms with Crippen molar-refractivity contribution in [1.29, 1.82) is 0 Å². The Morgan fingerprint density at radius 2 is 1.80 bits per heavy atom. The van der Waals surface area contributed by atoms with Crippen LogP contribution in [0.4, 0.5) is 0 Å². The fourth-order valence-corrected chi connectivity index (χ4v) is 2.40. The molecule has 0 heterocycles. The highest BCUT2D eigenvalue weighted by atomic mass is 32.2. The van der Waals surface area contributed by atoms with Gasteiger partial charge >= 0.3 is 0 Å². The first-order chi connectivity index (χ1) is 9.70. The van der Waals surface area contributed by atoms with Gasteiger partial charge in [-0.25, -0.2) is 0 Å². The van der Waals surface area contributed by atoms with Crippen LogP contribution in [0.1, 0.15) is 17.2 Å². The lowest BCUT2D eigenvalue weighted by Crippen LogP contribution is -2.33. The molecule has 3 nitrogen and oxygen atoms in total. The lowest BCUT2D eigenvalue weighted by atomic mass is 10.1. The molecule has 3 N–H and O–H groups in total. The van der Waals surface area contributed by atoms with Gasteiger partial charge in [-0.1, -0.05) is 42.5 Å². The SMILES string of the molecule is CSc1ccc(C(NCc2ccccc2)C(N)=O)cc1. The van der Waals surface area contributed by atoms with Crippen molar-refractivity contribution >= 4 is 17.7 Å². The summed E-state index contributed by atoms with van der Waals surface area (Å²) in [6.07, 6.45) is 2.02. The van der Waals surface area contributed by atoms with Crippen LogP contribution in [0.25, 0.3) is 0 Å². The molecule has 104 valence electrons. The number of nitrogens with two attached hydrogens (primary N) is 1. The molecular formula is C16H18N2OS. The first-order valence-electron chi connectivity index (χ1n) is 6.41. The van der Waals surface area contributed by atoms with Crippen LogP contribution in [0.3, 0.4) is 0 Å². The molecule has 2 aromatic carbocycles. The van der Waals surface area contributed by atoms with E-state index >= 15 is 0 Å². The summed E-state index contributed by atoms with van der Waals surface area (Å²) in [5.41, 5.74) is 7.52. The van der Waals surface area contributed by atoms with Gasteiger partial charge in [0, 0.05) is 11.4 Å². The van der Waals surface area contributed by atoms with Crippen molar-refractivity contribution in [2.75, 3.05) is 6.26 Å². The first kappa shape index (κ1) is 14.6. The van der Waals surface area contributed by atoms with Gasteiger partial charge in [-0.3, -0.25) is 10.1 Å². The van der Waals surface area contributed by atoms with Crippen LogP contribution in [0.2, 0.25) is 0 Å². The predicted molar refractivity (Wildman–Crippen MR) is 83.4 cm³/mol. The Hall–Kier alpha value is -1.78. The van der Waals surface area contributed by atoms with Crippen LogP contribution in [0.5, 0.6) is 0 Å². The summed E-state index contributed by atoms with van der Waals surface area (Å²) in [6.45, 7) is 0.610. The van der Waals surface area contributed by atoms with Crippen molar-refractivity contribution in [1.82, 2.24) is 5.32 Å². The summed E-state index contributed by atoms with van der Waals surface area (Å²) in [4.78, 5) is 12.8. The molecule has 0 radical (unpaired) electrons. The Morgan fingerprint density at radius 1 is 1.15 bits per heavy atom. The van der Waals surface area contributed by atoms with Gasteiger partial charge in [-0.15, -0.1) is 11.8 Å². The molecule has 1 atom stereocenters. The highest BCUT2D eigenvalue weighted by Gasteiger charge is 2.16. The standard InChI is InChI=1S/C16H18N2OS/c1-20-14-9-7-13(8-10-14)15(16(17)19)18-11-12-5-3-2-4-6-12/h2-10,15,18H,11H2,1H3,(H2,17,19). The van der Waals surface area contributed by atoms with E-state index in [1.54, 1.807) is 11.8 Å². The van der Waals surface area contributed by atoms with Crippen molar-refractivity contribution in [3.05, 3.63) is 65.7 Å². The molecule has 0 aliphatic rings. The van der Waals surface area contributed by atoms with Gasteiger partial charge < -0.3 is 5.73 Å². The Kier molecular flexibility index (Phi) is 5.21. The molecule has 1 unspecified atom stereocenters. The van der Waals surface area contributed by atoms with Crippen LogP contribution in [-0.2, 0) is 11.3 Å². The summed E-state index contributed by atoms with van der Waals surface area (Å²) < 4.78 is 0. The van der Waals surface area contributed by atoms with Crippen molar-refractivity contribution in [3.8, 4) is 0 Å². The number of carbonyl (C=O) groups is 1. The van der Waals surface area contributed by atoms with Gasteiger partial charge in [0.05, 0.1) is 0 Å². The fourth-order valence-electron chi connectivity index (χ4n) is 1.99. The molecule has 0 aliphatic carbocycles. The maximum atomic E-state index is 11.6. The molecule has 2 aromatic rings. The number of thioether (sulfide) groups is 1. The van der Waals surface area contributed by atoms with E-state index < -0.39 is 6.04 Å². The Balaban J connectivity index is 2.08. The van der Waals surface area contributed by atoms with Crippen LogP contribution in [0.15, 0.2) is 59.5 Å². The maximum Gasteiger partial charge on any atom is 0.239 e. The number of carbonyl (C=O) groups excluding carboxylic acids is 1. The Morgan fingerprint density at radius 3 is 2.35 bits per heavy atom. The van der Waals surface area contributed by atoms with Crippen LogP contribution in [-0.4, -0.2) is 12.2 Å². The van der Waals surface area contributed by atoms with Crippen LogP contribution in [0, 0.1) is 0 Å². The number of hydrogen-bond donors (Lipinski definition) is 2. The highest BCUT2D eigenvalue weighted by molar-refractivity contribution is 7.98. The summed E-state index contributed by atoms with van der Waals surface area (Å²) >= 11 is 1.67. The molecule has 0 aromatic heterocycles. The Labute approximate surface area is 123 Å². The van der Waals surface area contributed by atoms with Gasteiger partial charge in [0.1, 0.15) is 6.04 Å². The molecule has 20 heavy (non-hydrogen) atoms. The first-order valence-corrected chi connectivity index (χ1v) is 7.64. The minimum atomic E-state index is -0.467. The second kappa shape index (κ2) is 7.12. The van der Waals surface area contributed by atoms with Crippen LogP contribution < -0.4 is 11.1 Å². The van der Waals surface area contributed by atoms with E-state index in [1.807, 2.05) is 60.9 Å². The minimum absolute atomic E-state index is 0.363. The number of hydrogen-bond acceptors (Lipinski definition) is 3. The quantitative estimate of drug-likeness (QED) is 0.803. The van der Waals surface area contributed by atoms with Crippen molar-refractivity contribution in [3.63, 3.8) is 0 Å². The van der Waals surface area contributed by atoms with Gasteiger partial charge in [-0.05, 0) is 29.5 Å². The second-order valence-corrected chi connectivity index (χ2v) is 5.35. The molecule has 1 amide bonds. The minimum Gasteiger partial charge on any atom is -0.368 e. The van der Waals surface area contributed by atoms with E-state index in [4.69, 9.17) is 5.73 Å². The lowest BCUT2D eigenvalue weighted by molar-refractivity contribution is -0.120. The second-order valence-electron chi connectivity index (χ2n) is 4.48. The van der Waals surface area contributed by atoms with E-state index in [9.17, 15) is 4.79 Å². The van der Waals surface area contributed by atoms with Crippen molar-refractivity contribution in [2.24, 2.45) is 5.73 Å². The van der Waals surface area contributed by atoms with Crippen molar-refractivity contribution < 1.29 is 4.79 Å². The van der Waals surface area contributed by atoms with Gasteiger partial charge in [0.25, 0.3) is 0 Å². The fraction of sp³-hybridized carbons (Fsp3) is 0.188. The third kappa shape index (κ3) is 3.85.